The number of nitro benzene ring substituents is 2. The lowest BCUT2D eigenvalue weighted by molar-refractivity contribution is -0.385. The highest BCUT2D eigenvalue weighted by Gasteiger charge is 2.55. The van der Waals surface area contributed by atoms with E-state index in [0.29, 0.717) is 6.42 Å². The first kappa shape index (κ1) is 25.6. The van der Waals surface area contributed by atoms with Crippen LogP contribution in [0.5, 0.6) is 0 Å². The van der Waals surface area contributed by atoms with E-state index in [0.717, 1.165) is 12.8 Å². The van der Waals surface area contributed by atoms with Crippen LogP contribution in [0.4, 0.5) is 11.4 Å². The van der Waals surface area contributed by atoms with Gasteiger partial charge in [-0.3, -0.25) is 39.4 Å². The van der Waals surface area contributed by atoms with Crippen molar-refractivity contribution in [2.45, 2.75) is 19.3 Å². The molecule has 192 valence electrons. The van der Waals surface area contributed by atoms with Gasteiger partial charge in [-0.25, -0.2) is 0 Å². The van der Waals surface area contributed by atoms with Gasteiger partial charge in [0.05, 0.1) is 21.7 Å². The number of hydrogen-bond acceptors (Lipinski definition) is 10. The summed E-state index contributed by atoms with van der Waals surface area (Å²) in [6.45, 7) is -1.16. The number of hydrogen-bond donors (Lipinski definition) is 0. The first-order valence-corrected chi connectivity index (χ1v) is 11.5. The molecule has 2 saturated carbocycles. The number of ether oxygens (including phenoxy) is 2. The first-order valence-electron chi connectivity index (χ1n) is 11.5. The van der Waals surface area contributed by atoms with E-state index >= 15 is 0 Å². The predicted octanol–water partition coefficient (Wildman–Crippen LogP) is 3.32. The molecule has 2 fully saturated rings. The van der Waals surface area contributed by atoms with Crippen molar-refractivity contribution in [1.29, 1.82) is 0 Å². The summed E-state index contributed by atoms with van der Waals surface area (Å²) < 4.78 is 10.5. The average molecular weight is 510 g/mol. The second-order valence-corrected chi connectivity index (χ2v) is 9.05. The fourth-order valence-electron chi connectivity index (χ4n) is 5.14. The van der Waals surface area contributed by atoms with Crippen molar-refractivity contribution in [2.75, 3.05) is 13.2 Å². The second kappa shape index (κ2) is 10.6. The number of nitro groups is 2. The van der Waals surface area contributed by atoms with Crippen LogP contribution in [0.3, 0.4) is 0 Å². The lowest BCUT2D eigenvalue weighted by Gasteiger charge is -2.27. The molecule has 0 aromatic heterocycles. The van der Waals surface area contributed by atoms with Crippen LogP contribution in [0.1, 0.15) is 40.0 Å². The molecule has 0 saturated heterocycles. The van der Waals surface area contributed by atoms with E-state index in [1.54, 1.807) is 0 Å². The summed E-state index contributed by atoms with van der Waals surface area (Å²) in [6, 6.07) is 9.79. The Morgan fingerprint density at radius 1 is 0.676 bits per heavy atom. The Morgan fingerprint density at radius 2 is 1.03 bits per heavy atom. The molecule has 0 N–H and O–H groups in total. The molecule has 0 amide bonds. The number of Topliss-reactive ketones (excluding diaryl/α,β-unsaturated/α-hetero) is 2. The van der Waals surface area contributed by atoms with Gasteiger partial charge in [0.1, 0.15) is 0 Å². The summed E-state index contributed by atoms with van der Waals surface area (Å²) in [7, 11) is 0. The molecular weight excluding hydrogens is 488 g/mol. The van der Waals surface area contributed by atoms with E-state index in [1.807, 2.05) is 0 Å². The highest BCUT2D eigenvalue weighted by molar-refractivity contribution is 5.99. The molecule has 0 unspecified atom stereocenters. The average Bonchev–Trinajstić information content (AvgIpc) is 3.52. The van der Waals surface area contributed by atoms with Gasteiger partial charge in [-0.05, 0) is 55.4 Å². The van der Waals surface area contributed by atoms with Crippen LogP contribution in [0.2, 0.25) is 0 Å². The zero-order valence-corrected chi connectivity index (χ0v) is 19.4. The highest BCUT2D eigenvalue weighted by atomic mass is 16.6. The minimum atomic E-state index is -0.801. The standard InChI is InChI=1S/C25H22N2O10/c28-20(14-3-7-18(8-4-14)26(32)33)12-36-24(30)22-16-1-2-17(11-16)23(22)25(31)37-13-21(29)15-5-9-19(10-6-15)27(34)35/h3-10,16-17,22-23H,1-2,11-13H2/t16-,17+,22-,23-/m0/s1. The number of non-ortho nitro benzene ring substituents is 2. The molecule has 0 aliphatic heterocycles. The van der Waals surface area contributed by atoms with E-state index in [9.17, 15) is 39.4 Å². The minimum absolute atomic E-state index is 0.102. The number of benzene rings is 2. The minimum Gasteiger partial charge on any atom is -0.457 e. The molecule has 0 spiro atoms. The van der Waals surface area contributed by atoms with Gasteiger partial charge in [-0.2, -0.15) is 0 Å². The summed E-state index contributed by atoms with van der Waals surface area (Å²) >= 11 is 0. The summed E-state index contributed by atoms with van der Waals surface area (Å²) in [5.41, 5.74) is -0.0630. The van der Waals surface area contributed by atoms with Crippen molar-refractivity contribution >= 4 is 34.9 Å². The van der Waals surface area contributed by atoms with E-state index < -0.39 is 58.4 Å². The third kappa shape index (κ3) is 5.52. The van der Waals surface area contributed by atoms with Crippen molar-refractivity contribution in [2.24, 2.45) is 23.7 Å². The largest absolute Gasteiger partial charge is 0.457 e. The second-order valence-electron chi connectivity index (χ2n) is 9.05. The van der Waals surface area contributed by atoms with Crippen molar-refractivity contribution in [3.63, 3.8) is 0 Å². The zero-order chi connectivity index (χ0) is 26.7. The number of rotatable bonds is 10. The molecule has 4 rings (SSSR count). The number of carbonyl (C=O) groups is 4. The van der Waals surface area contributed by atoms with Crippen molar-refractivity contribution < 1.29 is 38.5 Å². The Bertz CT molecular complexity index is 1160. The van der Waals surface area contributed by atoms with Crippen LogP contribution in [0, 0.1) is 43.9 Å². The summed E-state index contributed by atoms with van der Waals surface area (Å²) in [6.07, 6.45) is 2.09. The quantitative estimate of drug-likeness (QED) is 0.200. The first-order chi connectivity index (χ1) is 17.7. The van der Waals surface area contributed by atoms with Crippen molar-refractivity contribution in [3.05, 3.63) is 79.9 Å². The maximum absolute atomic E-state index is 12.9. The molecular formula is C25H22N2O10. The molecule has 12 nitrogen and oxygen atoms in total. The molecule has 37 heavy (non-hydrogen) atoms. The van der Waals surface area contributed by atoms with Gasteiger partial charge in [0.25, 0.3) is 11.4 Å². The molecule has 2 aromatic rings. The fourth-order valence-corrected chi connectivity index (χ4v) is 5.14. The third-order valence-corrected chi connectivity index (χ3v) is 6.95. The van der Waals surface area contributed by atoms with E-state index in [-0.39, 0.29) is 34.3 Å². The van der Waals surface area contributed by atoms with E-state index in [2.05, 4.69) is 0 Å². The topological polar surface area (TPSA) is 173 Å². The van der Waals surface area contributed by atoms with Gasteiger partial charge < -0.3 is 9.47 Å². The smallest absolute Gasteiger partial charge is 0.310 e. The molecule has 4 atom stereocenters. The molecule has 2 aromatic carbocycles. The van der Waals surface area contributed by atoms with Crippen LogP contribution in [-0.2, 0) is 19.1 Å². The predicted molar refractivity (Wildman–Crippen MR) is 125 cm³/mol. The Hall–Kier alpha value is -4.48. The van der Waals surface area contributed by atoms with Crippen LogP contribution in [-0.4, -0.2) is 46.6 Å². The Labute approximate surface area is 209 Å². The van der Waals surface area contributed by atoms with E-state index in [1.165, 1.54) is 48.5 Å². The van der Waals surface area contributed by atoms with Gasteiger partial charge in [-0.15, -0.1) is 0 Å². The maximum atomic E-state index is 12.9. The van der Waals surface area contributed by atoms with Gasteiger partial charge in [0, 0.05) is 35.4 Å². The number of fused-ring (bicyclic) bond motifs is 2. The van der Waals surface area contributed by atoms with E-state index in [4.69, 9.17) is 9.47 Å². The van der Waals surface area contributed by atoms with Gasteiger partial charge in [-0.1, -0.05) is 0 Å². The van der Waals surface area contributed by atoms with Crippen LogP contribution >= 0.6 is 0 Å². The monoisotopic (exact) mass is 510 g/mol. The summed E-state index contributed by atoms with van der Waals surface area (Å²) in [4.78, 5) is 70.8. The lowest BCUT2D eigenvalue weighted by Crippen LogP contribution is -2.38. The van der Waals surface area contributed by atoms with Crippen LogP contribution in [0.25, 0.3) is 0 Å². The van der Waals surface area contributed by atoms with Crippen LogP contribution in [0.15, 0.2) is 48.5 Å². The molecule has 2 aliphatic carbocycles. The number of nitrogens with zero attached hydrogens (tertiary/aromatic N) is 2. The molecule has 0 radical (unpaired) electrons. The number of carbonyl (C=O) groups excluding carboxylic acids is 4. The highest BCUT2D eigenvalue weighted by Crippen LogP contribution is 2.53. The normalized spacial score (nSPS) is 21.7. The fraction of sp³-hybridized carbons (Fsp3) is 0.360. The SMILES string of the molecule is O=C(COC(=O)[C@H]1[C@@H]2CC[C@@H](C2)[C@@H]1C(=O)OCC(=O)c1ccc([N+](=O)[O-])cc1)c1ccc([N+](=O)[O-])cc1. The van der Waals surface area contributed by atoms with Crippen LogP contribution < -0.4 is 0 Å². The number of esters is 2. The van der Waals surface area contributed by atoms with Gasteiger partial charge in [0.2, 0.25) is 0 Å². The number of ketones is 2. The summed E-state index contributed by atoms with van der Waals surface area (Å²) in [5, 5.41) is 21.5. The van der Waals surface area contributed by atoms with Gasteiger partial charge >= 0.3 is 11.9 Å². The van der Waals surface area contributed by atoms with Gasteiger partial charge in [0.15, 0.2) is 24.8 Å². The zero-order valence-electron chi connectivity index (χ0n) is 19.4. The van der Waals surface area contributed by atoms with Crippen molar-refractivity contribution in [3.8, 4) is 0 Å². The Kier molecular flexibility index (Phi) is 7.37. The van der Waals surface area contributed by atoms with Crippen molar-refractivity contribution in [1.82, 2.24) is 0 Å². The molecule has 0 heterocycles. The molecule has 2 aliphatic rings. The molecule has 12 heteroatoms. The lowest BCUT2D eigenvalue weighted by atomic mass is 9.79. The third-order valence-electron chi connectivity index (χ3n) is 6.95. The Balaban J connectivity index is 1.34. The summed E-state index contributed by atoms with van der Waals surface area (Å²) in [5.74, 6) is -4.30. The Morgan fingerprint density at radius 3 is 1.35 bits per heavy atom. The molecule has 2 bridgehead atoms. The maximum Gasteiger partial charge on any atom is 0.310 e.